The van der Waals surface area contributed by atoms with Crippen molar-refractivity contribution in [3.8, 4) is 17.6 Å². The number of hydrazone groups is 1. The molecule has 0 aliphatic rings. The van der Waals surface area contributed by atoms with Crippen molar-refractivity contribution < 1.29 is 28.2 Å². The van der Waals surface area contributed by atoms with Gasteiger partial charge in [-0.3, -0.25) is 4.79 Å². The molecule has 0 aliphatic carbocycles. The molecule has 2 aromatic rings. The Morgan fingerprint density at radius 2 is 2.10 bits per heavy atom. The van der Waals surface area contributed by atoms with Gasteiger partial charge in [0.25, 0.3) is 5.91 Å². The summed E-state index contributed by atoms with van der Waals surface area (Å²) in [5.41, 5.74) is 2.60. The van der Waals surface area contributed by atoms with Crippen LogP contribution >= 0.6 is 15.9 Å². The average Bonchev–Trinajstić information content (AvgIpc) is 2.72. The first-order chi connectivity index (χ1) is 14.4. The monoisotopic (exact) mass is 477 g/mol. The third-order valence-electron chi connectivity index (χ3n) is 3.61. The summed E-state index contributed by atoms with van der Waals surface area (Å²) in [6, 6.07) is 8.49. The first kappa shape index (κ1) is 22.8. The number of carbonyl (C=O) groups excluding carboxylic acids is 2. The summed E-state index contributed by atoms with van der Waals surface area (Å²) in [7, 11) is 1.43. The van der Waals surface area contributed by atoms with Crippen molar-refractivity contribution in [3.63, 3.8) is 0 Å². The van der Waals surface area contributed by atoms with Gasteiger partial charge in [0.15, 0.2) is 18.1 Å². The van der Waals surface area contributed by atoms with Gasteiger partial charge in [0.1, 0.15) is 5.82 Å². The summed E-state index contributed by atoms with van der Waals surface area (Å²) in [6.07, 6.45) is 1.32. The minimum Gasteiger partial charge on any atom is -0.493 e. The normalized spacial score (nSPS) is 10.4. The number of rotatable bonds is 8. The summed E-state index contributed by atoms with van der Waals surface area (Å²) in [4.78, 5) is 23.5. The lowest BCUT2D eigenvalue weighted by molar-refractivity contribution is -0.145. The fourth-order valence-corrected chi connectivity index (χ4v) is 2.86. The van der Waals surface area contributed by atoms with E-state index in [1.807, 2.05) is 0 Å². The highest BCUT2D eigenvalue weighted by Gasteiger charge is 2.14. The van der Waals surface area contributed by atoms with Gasteiger partial charge in [0.2, 0.25) is 0 Å². The Kier molecular flexibility index (Phi) is 8.31. The number of nitrogens with one attached hydrogen (secondary N) is 1. The smallest absolute Gasteiger partial charge is 0.344 e. The van der Waals surface area contributed by atoms with E-state index in [1.165, 1.54) is 25.5 Å². The zero-order chi connectivity index (χ0) is 22.1. The molecular weight excluding hydrogens is 461 g/mol. The molecule has 1 N–H and O–H groups in total. The number of halogens is 2. The second-order valence-corrected chi connectivity index (χ2v) is 6.49. The first-order valence-electron chi connectivity index (χ1n) is 8.58. The number of hydrogen-bond donors (Lipinski definition) is 1. The van der Waals surface area contributed by atoms with Crippen molar-refractivity contribution in [2.75, 3.05) is 20.3 Å². The number of nitrogens with zero attached hydrogens (tertiary/aromatic N) is 2. The molecule has 1 amide bonds. The highest BCUT2D eigenvalue weighted by atomic mass is 79.9. The van der Waals surface area contributed by atoms with E-state index in [2.05, 4.69) is 26.5 Å². The van der Waals surface area contributed by atoms with Gasteiger partial charge < -0.3 is 14.2 Å². The summed E-state index contributed by atoms with van der Waals surface area (Å²) >= 11 is 3.33. The van der Waals surface area contributed by atoms with Crippen LogP contribution in [0.15, 0.2) is 39.9 Å². The van der Waals surface area contributed by atoms with E-state index in [4.69, 9.17) is 19.5 Å². The van der Waals surface area contributed by atoms with Gasteiger partial charge in [-0.15, -0.1) is 0 Å². The Balaban J connectivity index is 2.10. The molecule has 0 fully saturated rings. The van der Waals surface area contributed by atoms with E-state index in [9.17, 15) is 14.0 Å². The quantitative estimate of drug-likeness (QED) is 0.355. The van der Waals surface area contributed by atoms with Crippen LogP contribution in [0, 0.1) is 17.1 Å². The highest BCUT2D eigenvalue weighted by molar-refractivity contribution is 9.10. The zero-order valence-corrected chi connectivity index (χ0v) is 17.7. The molecule has 30 heavy (non-hydrogen) atoms. The number of esters is 1. The molecular formula is C20H17BrFN3O5. The molecule has 0 saturated carbocycles. The van der Waals surface area contributed by atoms with E-state index in [0.717, 1.165) is 6.07 Å². The van der Waals surface area contributed by atoms with Gasteiger partial charge in [0, 0.05) is 0 Å². The van der Waals surface area contributed by atoms with Crippen LogP contribution in [0.1, 0.15) is 28.4 Å². The SMILES string of the molecule is CCOC(=O)COc1c(Br)cc(/C=N\NC(=O)c2ccc(C#N)cc2F)cc1OC. The molecule has 0 aliphatic heterocycles. The predicted molar refractivity (Wildman–Crippen MR) is 109 cm³/mol. The highest BCUT2D eigenvalue weighted by Crippen LogP contribution is 2.36. The van der Waals surface area contributed by atoms with Crippen molar-refractivity contribution in [1.82, 2.24) is 5.43 Å². The fourth-order valence-electron chi connectivity index (χ4n) is 2.28. The third kappa shape index (κ3) is 6.02. The number of hydrogen-bond acceptors (Lipinski definition) is 7. The van der Waals surface area contributed by atoms with Crippen molar-refractivity contribution in [3.05, 3.63) is 57.3 Å². The van der Waals surface area contributed by atoms with Crippen molar-refractivity contribution >= 4 is 34.0 Å². The van der Waals surface area contributed by atoms with Crippen LogP contribution < -0.4 is 14.9 Å². The number of carbonyl (C=O) groups is 2. The maximum Gasteiger partial charge on any atom is 0.344 e. The summed E-state index contributed by atoms with van der Waals surface area (Å²) in [5.74, 6) is -1.50. The van der Waals surface area contributed by atoms with Gasteiger partial charge in [0.05, 0.1) is 41.6 Å². The van der Waals surface area contributed by atoms with Gasteiger partial charge in [-0.05, 0) is 58.7 Å². The average molecular weight is 478 g/mol. The molecule has 0 saturated heterocycles. The number of methoxy groups -OCH3 is 1. The Morgan fingerprint density at radius 1 is 1.33 bits per heavy atom. The number of amides is 1. The Labute approximate surface area is 180 Å². The summed E-state index contributed by atoms with van der Waals surface area (Å²) in [6.45, 7) is 1.65. The Bertz CT molecular complexity index is 1020. The molecule has 0 aromatic heterocycles. The molecule has 0 heterocycles. The van der Waals surface area contributed by atoms with E-state index in [-0.39, 0.29) is 24.3 Å². The van der Waals surface area contributed by atoms with Crippen LogP contribution in [0.5, 0.6) is 11.5 Å². The van der Waals surface area contributed by atoms with E-state index >= 15 is 0 Å². The summed E-state index contributed by atoms with van der Waals surface area (Å²) < 4.78 is 29.9. The van der Waals surface area contributed by atoms with Crippen LogP contribution in [0.2, 0.25) is 0 Å². The maximum absolute atomic E-state index is 13.9. The van der Waals surface area contributed by atoms with Gasteiger partial charge in [-0.1, -0.05) is 0 Å². The van der Waals surface area contributed by atoms with Gasteiger partial charge >= 0.3 is 5.97 Å². The Morgan fingerprint density at radius 3 is 2.73 bits per heavy atom. The second-order valence-electron chi connectivity index (χ2n) is 5.63. The molecule has 0 radical (unpaired) electrons. The molecule has 156 valence electrons. The first-order valence-corrected chi connectivity index (χ1v) is 9.37. The third-order valence-corrected chi connectivity index (χ3v) is 4.20. The van der Waals surface area contributed by atoms with Crippen LogP contribution in [-0.4, -0.2) is 38.4 Å². The maximum atomic E-state index is 13.9. The lowest BCUT2D eigenvalue weighted by Crippen LogP contribution is -2.19. The van der Waals surface area contributed by atoms with Gasteiger partial charge in [-0.2, -0.15) is 10.4 Å². The molecule has 8 nitrogen and oxygen atoms in total. The molecule has 0 atom stereocenters. The molecule has 0 spiro atoms. The standard InChI is InChI=1S/C20H17BrFN3O5/c1-3-29-18(26)11-30-19-15(21)6-13(8-17(19)28-2)10-24-25-20(27)14-5-4-12(9-23)7-16(14)22/h4-8,10H,3,11H2,1-2H3,(H,25,27)/b24-10-. The molecule has 10 heteroatoms. The number of nitriles is 1. The van der Waals surface area contributed by atoms with Gasteiger partial charge in [-0.25, -0.2) is 14.6 Å². The summed E-state index contributed by atoms with van der Waals surface area (Å²) in [5, 5.41) is 12.5. The molecule has 2 rings (SSSR count). The van der Waals surface area contributed by atoms with Crippen LogP contribution in [0.4, 0.5) is 4.39 Å². The van der Waals surface area contributed by atoms with Crippen LogP contribution in [-0.2, 0) is 9.53 Å². The fraction of sp³-hybridized carbons (Fsp3) is 0.200. The van der Waals surface area contributed by atoms with Crippen LogP contribution in [0.25, 0.3) is 0 Å². The van der Waals surface area contributed by atoms with Crippen LogP contribution in [0.3, 0.4) is 0 Å². The lowest BCUT2D eigenvalue weighted by atomic mass is 10.1. The van der Waals surface area contributed by atoms with E-state index in [1.54, 1.807) is 25.1 Å². The lowest BCUT2D eigenvalue weighted by Gasteiger charge is -2.13. The molecule has 0 bridgehead atoms. The van der Waals surface area contributed by atoms with Crippen molar-refractivity contribution in [2.24, 2.45) is 5.10 Å². The Hall–Kier alpha value is -3.45. The predicted octanol–water partition coefficient (Wildman–Crippen LogP) is 3.17. The minimum atomic E-state index is -0.825. The van der Waals surface area contributed by atoms with Crippen molar-refractivity contribution in [1.29, 1.82) is 5.26 Å². The van der Waals surface area contributed by atoms with Crippen molar-refractivity contribution in [2.45, 2.75) is 6.92 Å². The molecule has 2 aromatic carbocycles. The van der Waals surface area contributed by atoms with E-state index in [0.29, 0.717) is 21.5 Å². The molecule has 0 unspecified atom stereocenters. The minimum absolute atomic E-state index is 0.106. The number of benzene rings is 2. The van der Waals surface area contributed by atoms with E-state index < -0.39 is 17.7 Å². The zero-order valence-electron chi connectivity index (χ0n) is 16.1. The second kappa shape index (κ2) is 10.9. The topological polar surface area (TPSA) is 110 Å². The largest absolute Gasteiger partial charge is 0.493 e. The number of ether oxygens (including phenoxy) is 3.